The van der Waals surface area contributed by atoms with Gasteiger partial charge in [0.15, 0.2) is 0 Å². The van der Waals surface area contributed by atoms with Crippen LogP contribution in [0.25, 0.3) is 0 Å². The number of aliphatic hydroxyl groups excluding tert-OH is 1. The normalized spacial score (nSPS) is 10.2. The Morgan fingerprint density at radius 2 is 2.10 bits per heavy atom. The molecule has 0 aliphatic heterocycles. The zero-order valence-electron chi connectivity index (χ0n) is 11.4. The largest absolute Gasteiger partial charge is 0.395 e. The topological polar surface area (TPSA) is 69.6 Å². The second-order valence-corrected chi connectivity index (χ2v) is 4.30. The fourth-order valence-corrected chi connectivity index (χ4v) is 1.75. The van der Waals surface area contributed by atoms with Crippen LogP contribution < -0.4 is 5.32 Å². The second-order valence-electron chi connectivity index (χ2n) is 4.30. The molecule has 5 nitrogen and oxygen atoms in total. The van der Waals surface area contributed by atoms with E-state index in [9.17, 15) is 14.0 Å². The molecular weight excluding hydrogens is 263 g/mol. The lowest BCUT2D eigenvalue weighted by molar-refractivity contribution is -0.130. The molecule has 0 fully saturated rings. The minimum Gasteiger partial charge on any atom is -0.395 e. The highest BCUT2D eigenvalue weighted by Crippen LogP contribution is 2.03. The van der Waals surface area contributed by atoms with E-state index in [1.54, 1.807) is 0 Å². The number of amides is 2. The van der Waals surface area contributed by atoms with Crippen LogP contribution in [-0.2, 0) is 4.79 Å². The van der Waals surface area contributed by atoms with E-state index < -0.39 is 11.7 Å². The molecule has 0 aliphatic carbocycles. The summed E-state index contributed by atoms with van der Waals surface area (Å²) in [6.45, 7) is 2.39. The summed E-state index contributed by atoms with van der Waals surface area (Å²) in [5.41, 5.74) is 0.169. The van der Waals surface area contributed by atoms with Crippen LogP contribution in [0.5, 0.6) is 0 Å². The van der Waals surface area contributed by atoms with E-state index in [4.69, 9.17) is 5.11 Å². The molecule has 0 radical (unpaired) electrons. The molecule has 0 spiro atoms. The molecule has 0 heterocycles. The molecule has 0 unspecified atom stereocenters. The van der Waals surface area contributed by atoms with Gasteiger partial charge in [-0.1, -0.05) is 13.0 Å². The van der Waals surface area contributed by atoms with Crippen molar-refractivity contribution < 1.29 is 19.1 Å². The Labute approximate surface area is 117 Å². The van der Waals surface area contributed by atoms with Crippen molar-refractivity contribution in [3.8, 4) is 0 Å². The van der Waals surface area contributed by atoms with Gasteiger partial charge in [0.1, 0.15) is 5.82 Å². The lowest BCUT2D eigenvalue weighted by Crippen LogP contribution is -2.41. The third kappa shape index (κ3) is 4.97. The Morgan fingerprint density at radius 3 is 2.70 bits per heavy atom. The summed E-state index contributed by atoms with van der Waals surface area (Å²) in [6, 6.07) is 5.26. The van der Waals surface area contributed by atoms with Crippen LogP contribution in [0.15, 0.2) is 24.3 Å². The fourth-order valence-electron chi connectivity index (χ4n) is 1.75. The van der Waals surface area contributed by atoms with Crippen LogP contribution >= 0.6 is 0 Å². The van der Waals surface area contributed by atoms with Gasteiger partial charge in [-0.25, -0.2) is 4.39 Å². The highest BCUT2D eigenvalue weighted by Gasteiger charge is 2.14. The summed E-state index contributed by atoms with van der Waals surface area (Å²) in [7, 11) is 0. The smallest absolute Gasteiger partial charge is 0.251 e. The van der Waals surface area contributed by atoms with Crippen molar-refractivity contribution in [1.82, 2.24) is 10.2 Å². The van der Waals surface area contributed by atoms with Crippen LogP contribution in [0.1, 0.15) is 23.7 Å². The summed E-state index contributed by atoms with van der Waals surface area (Å²) >= 11 is 0. The van der Waals surface area contributed by atoms with Crippen LogP contribution in [0.3, 0.4) is 0 Å². The van der Waals surface area contributed by atoms with Crippen molar-refractivity contribution in [3.05, 3.63) is 35.6 Å². The summed E-state index contributed by atoms with van der Waals surface area (Å²) in [4.78, 5) is 25.1. The lowest BCUT2D eigenvalue weighted by atomic mass is 10.2. The van der Waals surface area contributed by atoms with Gasteiger partial charge in [0.05, 0.1) is 13.2 Å². The number of halogens is 1. The highest BCUT2D eigenvalue weighted by atomic mass is 19.1. The molecule has 20 heavy (non-hydrogen) atoms. The molecule has 1 rings (SSSR count). The van der Waals surface area contributed by atoms with E-state index >= 15 is 0 Å². The van der Waals surface area contributed by atoms with Gasteiger partial charge in [-0.3, -0.25) is 9.59 Å². The first-order chi connectivity index (χ1) is 9.58. The summed E-state index contributed by atoms with van der Waals surface area (Å²) in [5, 5.41) is 11.3. The SMILES string of the molecule is CCCN(CCO)C(=O)CNC(=O)c1cccc(F)c1. The average molecular weight is 282 g/mol. The van der Waals surface area contributed by atoms with E-state index in [0.717, 1.165) is 12.5 Å². The summed E-state index contributed by atoms with van der Waals surface area (Å²) in [5.74, 6) is -1.28. The summed E-state index contributed by atoms with van der Waals surface area (Å²) < 4.78 is 13.0. The quantitative estimate of drug-likeness (QED) is 0.776. The molecule has 0 saturated heterocycles. The molecule has 0 aliphatic rings. The van der Waals surface area contributed by atoms with Gasteiger partial charge in [0.25, 0.3) is 5.91 Å². The highest BCUT2D eigenvalue weighted by molar-refractivity contribution is 5.96. The van der Waals surface area contributed by atoms with E-state index in [1.807, 2.05) is 6.92 Å². The molecule has 6 heteroatoms. The van der Waals surface area contributed by atoms with Crippen molar-refractivity contribution in [2.45, 2.75) is 13.3 Å². The number of carbonyl (C=O) groups excluding carboxylic acids is 2. The Hall–Kier alpha value is -1.95. The van der Waals surface area contributed by atoms with E-state index in [-0.39, 0.29) is 31.2 Å². The first-order valence-electron chi connectivity index (χ1n) is 6.51. The molecular formula is C14H19FN2O3. The number of nitrogens with one attached hydrogen (secondary N) is 1. The predicted octanol–water partition coefficient (Wildman–Crippen LogP) is 0.786. The molecule has 0 atom stereocenters. The third-order valence-electron chi connectivity index (χ3n) is 2.70. The monoisotopic (exact) mass is 282 g/mol. The molecule has 2 N–H and O–H groups in total. The van der Waals surface area contributed by atoms with Gasteiger partial charge >= 0.3 is 0 Å². The van der Waals surface area contributed by atoms with Crippen LogP contribution in [0, 0.1) is 5.82 Å². The lowest BCUT2D eigenvalue weighted by Gasteiger charge is -2.21. The van der Waals surface area contributed by atoms with E-state index in [0.29, 0.717) is 6.54 Å². The van der Waals surface area contributed by atoms with Gasteiger partial charge < -0.3 is 15.3 Å². The molecule has 1 aromatic rings. The van der Waals surface area contributed by atoms with Crippen LogP contribution in [0.4, 0.5) is 4.39 Å². The number of hydrogen-bond acceptors (Lipinski definition) is 3. The molecule has 0 aromatic heterocycles. The van der Waals surface area contributed by atoms with Gasteiger partial charge in [-0.2, -0.15) is 0 Å². The van der Waals surface area contributed by atoms with E-state index in [1.165, 1.54) is 23.1 Å². The Bertz CT molecular complexity index is 459. The van der Waals surface area contributed by atoms with Gasteiger partial charge in [-0.05, 0) is 24.6 Å². The number of benzene rings is 1. The summed E-state index contributed by atoms with van der Waals surface area (Å²) in [6.07, 6.45) is 0.767. The Kier molecular flexibility index (Phi) is 6.66. The van der Waals surface area contributed by atoms with E-state index in [2.05, 4.69) is 5.32 Å². The first kappa shape index (κ1) is 16.1. The van der Waals surface area contributed by atoms with Crippen molar-refractivity contribution in [3.63, 3.8) is 0 Å². The maximum Gasteiger partial charge on any atom is 0.251 e. The van der Waals surface area contributed by atoms with Crippen molar-refractivity contribution in [2.75, 3.05) is 26.2 Å². The molecule has 2 amide bonds. The predicted molar refractivity (Wildman–Crippen MR) is 72.7 cm³/mol. The average Bonchev–Trinajstić information content (AvgIpc) is 2.44. The van der Waals surface area contributed by atoms with Gasteiger partial charge in [0.2, 0.25) is 5.91 Å². The molecule has 0 bridgehead atoms. The van der Waals surface area contributed by atoms with Gasteiger partial charge in [0, 0.05) is 18.7 Å². The zero-order chi connectivity index (χ0) is 15.0. The van der Waals surface area contributed by atoms with Gasteiger partial charge in [-0.15, -0.1) is 0 Å². The Morgan fingerprint density at radius 1 is 1.35 bits per heavy atom. The fraction of sp³-hybridized carbons (Fsp3) is 0.429. The minimum absolute atomic E-state index is 0.121. The minimum atomic E-state index is -0.503. The van der Waals surface area contributed by atoms with Crippen molar-refractivity contribution in [1.29, 1.82) is 0 Å². The van der Waals surface area contributed by atoms with Crippen LogP contribution in [-0.4, -0.2) is 48.1 Å². The number of carbonyl (C=O) groups is 2. The number of rotatable bonds is 7. The maximum atomic E-state index is 13.0. The second kappa shape index (κ2) is 8.27. The molecule has 1 aromatic carbocycles. The molecule has 110 valence electrons. The zero-order valence-corrected chi connectivity index (χ0v) is 11.4. The van der Waals surface area contributed by atoms with Crippen molar-refractivity contribution in [2.24, 2.45) is 0 Å². The Balaban J connectivity index is 2.53. The number of nitrogens with zero attached hydrogens (tertiary/aromatic N) is 1. The standard InChI is InChI=1S/C14H19FN2O3/c1-2-6-17(7-8-18)13(19)10-16-14(20)11-4-3-5-12(15)9-11/h3-5,9,18H,2,6-8,10H2,1H3,(H,16,20). The first-order valence-corrected chi connectivity index (χ1v) is 6.51. The van der Waals surface area contributed by atoms with Crippen LogP contribution in [0.2, 0.25) is 0 Å². The number of hydrogen-bond donors (Lipinski definition) is 2. The van der Waals surface area contributed by atoms with Crippen molar-refractivity contribution >= 4 is 11.8 Å². The number of aliphatic hydroxyl groups is 1. The maximum absolute atomic E-state index is 13.0. The molecule has 0 saturated carbocycles. The third-order valence-corrected chi connectivity index (χ3v) is 2.70.